The number of unbranched alkanes of at least 4 members (excludes halogenated alkanes) is 7. The Hall–Kier alpha value is 0.0169. The predicted octanol–water partition coefficient (Wildman–Crippen LogP) is 5.16. The Labute approximate surface area is 157 Å². The van der Waals surface area contributed by atoms with E-state index in [4.69, 9.17) is 22.8 Å². The van der Waals surface area contributed by atoms with Gasteiger partial charge in [0.25, 0.3) is 0 Å². The monoisotopic (exact) mass is 378 g/mol. The smallest absolute Gasteiger partial charge is 0.374 e. The topological polar surface area (TPSA) is 46.2 Å². The minimum absolute atomic E-state index is 0.0366. The summed E-state index contributed by atoms with van der Waals surface area (Å²) in [5.41, 5.74) is 0. The largest absolute Gasteiger partial charge is 0.500 e. The van der Waals surface area contributed by atoms with E-state index in [-0.39, 0.29) is 6.29 Å². The van der Waals surface area contributed by atoms with E-state index in [1.807, 2.05) is 20.8 Å². The van der Waals surface area contributed by atoms with Gasteiger partial charge >= 0.3 is 8.80 Å². The lowest BCUT2D eigenvalue weighted by Gasteiger charge is -2.28. The van der Waals surface area contributed by atoms with Crippen LogP contribution in [-0.2, 0) is 22.8 Å². The second-order valence-corrected chi connectivity index (χ2v) is 8.98. The molecular weight excluding hydrogens is 336 g/mol. The third-order valence-electron chi connectivity index (χ3n) is 4.29. The maximum Gasteiger partial charge on any atom is 0.500 e. The van der Waals surface area contributed by atoms with Crippen LogP contribution in [0.4, 0.5) is 0 Å². The fourth-order valence-electron chi connectivity index (χ4n) is 3.05. The highest BCUT2D eigenvalue weighted by molar-refractivity contribution is 6.60. The molecule has 0 fully saturated rings. The molecule has 0 spiro atoms. The van der Waals surface area contributed by atoms with E-state index in [9.17, 15) is 0 Å². The predicted molar refractivity (Wildman–Crippen MR) is 105 cm³/mol. The fraction of sp³-hybridized carbons (Fsp3) is 1.00. The van der Waals surface area contributed by atoms with E-state index in [0.717, 1.165) is 18.9 Å². The van der Waals surface area contributed by atoms with Crippen molar-refractivity contribution in [3.63, 3.8) is 0 Å². The SMILES string of the molecule is CCO[Si](CCCCCCCCCCC(OC)OC)(OCC)OCC. The number of rotatable bonds is 19. The molecule has 0 saturated carbocycles. The first-order chi connectivity index (χ1) is 12.2. The van der Waals surface area contributed by atoms with Gasteiger partial charge in [-0.05, 0) is 40.0 Å². The fourth-order valence-corrected chi connectivity index (χ4v) is 5.73. The second-order valence-electron chi connectivity index (χ2n) is 6.25. The lowest BCUT2D eigenvalue weighted by Crippen LogP contribution is -2.45. The van der Waals surface area contributed by atoms with Gasteiger partial charge in [0, 0.05) is 40.1 Å². The highest BCUT2D eigenvalue weighted by atomic mass is 28.4. The molecule has 0 amide bonds. The summed E-state index contributed by atoms with van der Waals surface area (Å²) in [5, 5.41) is 0. The van der Waals surface area contributed by atoms with Gasteiger partial charge in [-0.25, -0.2) is 0 Å². The minimum atomic E-state index is -2.42. The van der Waals surface area contributed by atoms with Gasteiger partial charge in [-0.15, -0.1) is 0 Å². The molecule has 25 heavy (non-hydrogen) atoms. The van der Waals surface area contributed by atoms with Crippen LogP contribution < -0.4 is 0 Å². The Kier molecular flexibility index (Phi) is 17.4. The summed E-state index contributed by atoms with van der Waals surface area (Å²) in [5.74, 6) is 0. The van der Waals surface area contributed by atoms with Crippen molar-refractivity contribution >= 4 is 8.80 Å². The average molecular weight is 379 g/mol. The number of hydrogen-bond acceptors (Lipinski definition) is 5. The molecule has 0 aromatic rings. The van der Waals surface area contributed by atoms with Crippen molar-refractivity contribution in [1.29, 1.82) is 0 Å². The van der Waals surface area contributed by atoms with Crippen LogP contribution in [0.3, 0.4) is 0 Å². The van der Waals surface area contributed by atoms with E-state index in [1.165, 1.54) is 44.9 Å². The molecule has 0 atom stereocenters. The lowest BCUT2D eigenvalue weighted by molar-refractivity contribution is -0.107. The molecule has 0 aliphatic rings. The van der Waals surface area contributed by atoms with Crippen LogP contribution in [0.2, 0.25) is 6.04 Å². The quantitative estimate of drug-likeness (QED) is 0.176. The van der Waals surface area contributed by atoms with Crippen LogP contribution in [-0.4, -0.2) is 49.1 Å². The van der Waals surface area contributed by atoms with Crippen molar-refractivity contribution in [2.45, 2.75) is 90.9 Å². The maximum absolute atomic E-state index is 5.89. The third-order valence-corrected chi connectivity index (χ3v) is 7.44. The van der Waals surface area contributed by atoms with Crippen molar-refractivity contribution in [3.05, 3.63) is 0 Å². The Morgan fingerprint density at radius 2 is 1.00 bits per heavy atom. The summed E-state index contributed by atoms with van der Waals surface area (Å²) < 4.78 is 28.1. The molecule has 0 aromatic carbocycles. The number of ether oxygens (including phenoxy) is 2. The normalized spacial score (nSPS) is 12.2. The Morgan fingerprint density at radius 1 is 0.600 bits per heavy atom. The Bertz CT molecular complexity index is 258. The molecule has 0 aromatic heterocycles. The van der Waals surface area contributed by atoms with Gasteiger partial charge in [-0.2, -0.15) is 0 Å². The standard InChI is InChI=1S/C19H42O5Si/c1-6-22-25(23-7-2,24-8-3)18-16-14-12-10-9-11-13-15-17-19(20-4)21-5/h19H,6-18H2,1-5H3. The number of methoxy groups -OCH3 is 2. The second kappa shape index (κ2) is 17.4. The van der Waals surface area contributed by atoms with E-state index in [0.29, 0.717) is 19.8 Å². The molecule has 152 valence electrons. The zero-order valence-corrected chi connectivity index (χ0v) is 18.3. The minimum Gasteiger partial charge on any atom is -0.374 e. The van der Waals surface area contributed by atoms with Crippen molar-refractivity contribution in [2.75, 3.05) is 34.0 Å². The van der Waals surface area contributed by atoms with Crippen LogP contribution in [0.15, 0.2) is 0 Å². The van der Waals surface area contributed by atoms with Gasteiger partial charge in [-0.3, -0.25) is 0 Å². The highest BCUT2D eigenvalue weighted by Crippen LogP contribution is 2.21. The molecule has 0 heterocycles. The summed E-state index contributed by atoms with van der Waals surface area (Å²) >= 11 is 0. The van der Waals surface area contributed by atoms with Crippen LogP contribution in [0, 0.1) is 0 Å². The molecule has 0 radical (unpaired) electrons. The first kappa shape index (κ1) is 25.0. The summed E-state index contributed by atoms with van der Waals surface area (Å²) in [7, 11) is 0.982. The van der Waals surface area contributed by atoms with E-state index >= 15 is 0 Å². The third kappa shape index (κ3) is 12.9. The van der Waals surface area contributed by atoms with Gasteiger partial charge in [-0.1, -0.05) is 38.5 Å². The van der Waals surface area contributed by atoms with Crippen LogP contribution in [0.5, 0.6) is 0 Å². The van der Waals surface area contributed by atoms with Crippen molar-refractivity contribution in [3.8, 4) is 0 Å². The van der Waals surface area contributed by atoms with E-state index in [1.54, 1.807) is 14.2 Å². The summed E-state index contributed by atoms with van der Waals surface area (Å²) in [6, 6.07) is 0.942. The molecule has 0 aliphatic heterocycles. The van der Waals surface area contributed by atoms with E-state index in [2.05, 4.69) is 0 Å². The molecule has 0 bridgehead atoms. The summed E-state index contributed by atoms with van der Waals surface area (Å²) in [6.45, 7) is 8.04. The first-order valence-electron chi connectivity index (χ1n) is 10.1. The molecule has 0 aliphatic carbocycles. The van der Waals surface area contributed by atoms with Gasteiger partial charge in [0.05, 0.1) is 0 Å². The molecule has 6 heteroatoms. The Balaban J connectivity index is 3.68. The van der Waals surface area contributed by atoms with Gasteiger partial charge in [0.2, 0.25) is 0 Å². The molecular formula is C19H42O5Si. The molecule has 0 saturated heterocycles. The van der Waals surface area contributed by atoms with Crippen molar-refractivity contribution in [1.82, 2.24) is 0 Å². The molecule has 0 unspecified atom stereocenters. The maximum atomic E-state index is 5.89. The average Bonchev–Trinajstić information content (AvgIpc) is 2.60. The highest BCUT2D eigenvalue weighted by Gasteiger charge is 2.39. The molecule has 5 nitrogen and oxygen atoms in total. The zero-order chi connectivity index (χ0) is 18.8. The van der Waals surface area contributed by atoms with Gasteiger partial charge in [0.1, 0.15) is 0 Å². The zero-order valence-electron chi connectivity index (χ0n) is 17.3. The van der Waals surface area contributed by atoms with Crippen LogP contribution in [0.25, 0.3) is 0 Å². The van der Waals surface area contributed by atoms with Crippen molar-refractivity contribution in [2.24, 2.45) is 0 Å². The molecule has 0 N–H and O–H groups in total. The van der Waals surface area contributed by atoms with Crippen molar-refractivity contribution < 1.29 is 22.8 Å². The van der Waals surface area contributed by atoms with Gasteiger partial charge in [0.15, 0.2) is 6.29 Å². The summed E-state index contributed by atoms with van der Waals surface area (Å²) in [6.07, 6.45) is 11.0. The number of hydrogen-bond donors (Lipinski definition) is 0. The van der Waals surface area contributed by atoms with Crippen LogP contribution in [0.1, 0.15) is 78.6 Å². The summed E-state index contributed by atoms with van der Waals surface area (Å²) in [4.78, 5) is 0. The van der Waals surface area contributed by atoms with E-state index < -0.39 is 8.80 Å². The Morgan fingerprint density at radius 3 is 1.40 bits per heavy atom. The van der Waals surface area contributed by atoms with Gasteiger partial charge < -0.3 is 22.8 Å². The lowest BCUT2D eigenvalue weighted by atomic mass is 10.1. The van der Waals surface area contributed by atoms with Crippen LogP contribution >= 0.6 is 0 Å². The first-order valence-corrected chi connectivity index (χ1v) is 12.1. The molecule has 0 rings (SSSR count).